The number of para-hydroxylation sites is 3. The molecule has 0 aliphatic carbocycles. The molecule has 1 N–H and O–H groups in total. The number of hydrogen-bond donors (Lipinski definition) is 1. The van der Waals surface area contributed by atoms with Crippen molar-refractivity contribution in [2.45, 2.75) is 6.61 Å². The molecule has 0 bridgehead atoms. The highest BCUT2D eigenvalue weighted by atomic mass is 16.5. The van der Waals surface area contributed by atoms with Crippen LogP contribution in [-0.2, 0) is 11.3 Å². The Hall–Kier alpha value is -2.82. The number of nitrogens with one attached hydrogen (secondary N) is 1. The maximum absolute atomic E-state index is 11.7. The number of benzene rings is 2. The van der Waals surface area contributed by atoms with Crippen molar-refractivity contribution in [1.29, 1.82) is 0 Å². The molecule has 21 heavy (non-hydrogen) atoms. The number of methoxy groups -OCH3 is 1. The van der Waals surface area contributed by atoms with Crippen molar-refractivity contribution in [3.8, 4) is 5.75 Å². The number of H-pyrrole nitrogens is 1. The minimum absolute atomic E-state index is 0.253. The van der Waals surface area contributed by atoms with Crippen LogP contribution in [0.2, 0.25) is 0 Å². The number of aromatic nitrogens is 2. The van der Waals surface area contributed by atoms with Crippen molar-refractivity contribution in [3.63, 3.8) is 0 Å². The minimum atomic E-state index is -0.421. The van der Waals surface area contributed by atoms with Crippen molar-refractivity contribution in [2.75, 3.05) is 7.11 Å². The van der Waals surface area contributed by atoms with Crippen molar-refractivity contribution >= 4 is 17.0 Å². The van der Waals surface area contributed by atoms with Gasteiger partial charge in [-0.1, -0.05) is 24.3 Å². The normalized spacial score (nSPS) is 10.5. The van der Waals surface area contributed by atoms with Crippen LogP contribution in [0.25, 0.3) is 11.0 Å². The molecule has 5 heteroatoms. The number of carbonyl (C=O) groups excluding carboxylic acids is 1. The van der Waals surface area contributed by atoms with E-state index in [1.165, 1.54) is 7.11 Å². The molecule has 0 spiro atoms. The monoisotopic (exact) mass is 282 g/mol. The molecular weight excluding hydrogens is 268 g/mol. The molecule has 0 aliphatic rings. The molecule has 0 saturated heterocycles. The predicted octanol–water partition coefficient (Wildman–Crippen LogP) is 2.93. The Morgan fingerprint density at radius 2 is 1.90 bits per heavy atom. The molecular formula is C16H14N2O3. The zero-order valence-electron chi connectivity index (χ0n) is 11.5. The van der Waals surface area contributed by atoms with Crippen LogP contribution >= 0.6 is 0 Å². The summed E-state index contributed by atoms with van der Waals surface area (Å²) >= 11 is 0. The zero-order valence-corrected chi connectivity index (χ0v) is 11.5. The van der Waals surface area contributed by atoms with E-state index in [-0.39, 0.29) is 6.61 Å². The van der Waals surface area contributed by atoms with Gasteiger partial charge in [-0.3, -0.25) is 0 Å². The van der Waals surface area contributed by atoms with Gasteiger partial charge in [0.05, 0.1) is 18.1 Å². The zero-order chi connectivity index (χ0) is 14.7. The van der Waals surface area contributed by atoms with E-state index in [2.05, 4.69) is 9.97 Å². The lowest BCUT2D eigenvalue weighted by molar-refractivity contribution is 0.0595. The fraction of sp³-hybridized carbons (Fsp3) is 0.125. The number of esters is 1. The first-order chi connectivity index (χ1) is 10.3. The van der Waals surface area contributed by atoms with Gasteiger partial charge >= 0.3 is 5.97 Å². The highest BCUT2D eigenvalue weighted by Gasteiger charge is 2.12. The van der Waals surface area contributed by atoms with Crippen molar-refractivity contribution in [1.82, 2.24) is 9.97 Å². The van der Waals surface area contributed by atoms with Crippen LogP contribution in [0.1, 0.15) is 16.2 Å². The minimum Gasteiger partial charge on any atom is -0.485 e. The molecule has 0 radical (unpaired) electrons. The van der Waals surface area contributed by atoms with Crippen molar-refractivity contribution in [3.05, 3.63) is 59.9 Å². The number of nitrogens with zero attached hydrogens (tertiary/aromatic N) is 1. The summed E-state index contributed by atoms with van der Waals surface area (Å²) in [5, 5.41) is 0. The molecule has 1 heterocycles. The molecule has 0 unspecified atom stereocenters. The fourth-order valence-electron chi connectivity index (χ4n) is 2.09. The molecule has 0 amide bonds. The largest absolute Gasteiger partial charge is 0.485 e. The Morgan fingerprint density at radius 3 is 2.71 bits per heavy atom. The van der Waals surface area contributed by atoms with Gasteiger partial charge in [0.15, 0.2) is 0 Å². The summed E-state index contributed by atoms with van der Waals surface area (Å²) in [7, 11) is 1.35. The smallest absolute Gasteiger partial charge is 0.341 e. The van der Waals surface area contributed by atoms with Gasteiger partial charge in [-0.05, 0) is 24.3 Å². The van der Waals surface area contributed by atoms with Gasteiger partial charge in [0.1, 0.15) is 23.7 Å². The molecule has 0 aliphatic heterocycles. The van der Waals surface area contributed by atoms with Crippen LogP contribution in [0.5, 0.6) is 5.75 Å². The first-order valence-corrected chi connectivity index (χ1v) is 6.51. The number of imidazole rings is 1. The molecule has 0 atom stereocenters. The summed E-state index contributed by atoms with van der Waals surface area (Å²) in [5.41, 5.74) is 2.24. The number of hydrogen-bond acceptors (Lipinski definition) is 4. The summed E-state index contributed by atoms with van der Waals surface area (Å²) in [4.78, 5) is 19.3. The highest BCUT2D eigenvalue weighted by Crippen LogP contribution is 2.20. The Kier molecular flexibility index (Phi) is 3.55. The summed E-state index contributed by atoms with van der Waals surface area (Å²) in [6.07, 6.45) is 0. The molecule has 106 valence electrons. The molecule has 5 nitrogen and oxygen atoms in total. The van der Waals surface area contributed by atoms with Gasteiger partial charge < -0.3 is 14.5 Å². The van der Waals surface area contributed by atoms with Crippen LogP contribution in [-0.4, -0.2) is 23.0 Å². The average molecular weight is 282 g/mol. The standard InChI is InChI=1S/C16H14N2O3/c1-20-16(19)11-6-2-5-9-14(11)21-10-15-17-12-7-3-4-8-13(12)18-15/h2-9H,10H2,1H3,(H,17,18). The van der Waals surface area contributed by atoms with E-state index >= 15 is 0 Å². The highest BCUT2D eigenvalue weighted by molar-refractivity contribution is 5.92. The Bertz CT molecular complexity index is 747. The first kappa shape index (κ1) is 13.2. The molecule has 2 aromatic carbocycles. The maximum Gasteiger partial charge on any atom is 0.341 e. The van der Waals surface area contributed by atoms with E-state index < -0.39 is 5.97 Å². The average Bonchev–Trinajstić information content (AvgIpc) is 2.95. The lowest BCUT2D eigenvalue weighted by Gasteiger charge is -2.08. The number of carbonyl (C=O) groups is 1. The second kappa shape index (κ2) is 5.66. The Labute approximate surface area is 121 Å². The lowest BCUT2D eigenvalue weighted by atomic mass is 10.2. The summed E-state index contributed by atoms with van der Waals surface area (Å²) < 4.78 is 10.4. The Balaban J connectivity index is 1.80. The number of fused-ring (bicyclic) bond motifs is 1. The van der Waals surface area contributed by atoms with Gasteiger partial charge in [0, 0.05) is 0 Å². The second-order valence-corrected chi connectivity index (χ2v) is 4.48. The van der Waals surface area contributed by atoms with E-state index in [4.69, 9.17) is 9.47 Å². The third-order valence-corrected chi connectivity index (χ3v) is 3.10. The van der Waals surface area contributed by atoms with E-state index in [1.54, 1.807) is 24.3 Å². The van der Waals surface area contributed by atoms with Crippen LogP contribution in [0, 0.1) is 0 Å². The number of ether oxygens (including phenoxy) is 2. The third-order valence-electron chi connectivity index (χ3n) is 3.10. The predicted molar refractivity (Wildman–Crippen MR) is 78.2 cm³/mol. The quantitative estimate of drug-likeness (QED) is 0.747. The van der Waals surface area contributed by atoms with E-state index in [1.807, 2.05) is 24.3 Å². The van der Waals surface area contributed by atoms with Crippen LogP contribution in [0.15, 0.2) is 48.5 Å². The van der Waals surface area contributed by atoms with Crippen LogP contribution in [0.4, 0.5) is 0 Å². The van der Waals surface area contributed by atoms with E-state index in [0.29, 0.717) is 17.1 Å². The first-order valence-electron chi connectivity index (χ1n) is 6.51. The van der Waals surface area contributed by atoms with Crippen LogP contribution < -0.4 is 4.74 Å². The summed E-state index contributed by atoms with van der Waals surface area (Å²) in [6, 6.07) is 14.7. The second-order valence-electron chi connectivity index (χ2n) is 4.48. The topological polar surface area (TPSA) is 64.2 Å². The van der Waals surface area contributed by atoms with E-state index in [0.717, 1.165) is 11.0 Å². The van der Waals surface area contributed by atoms with Gasteiger partial charge in [-0.2, -0.15) is 0 Å². The lowest BCUT2D eigenvalue weighted by Crippen LogP contribution is -2.06. The molecule has 0 fully saturated rings. The molecule has 3 rings (SSSR count). The van der Waals surface area contributed by atoms with Gasteiger partial charge in [0.25, 0.3) is 0 Å². The summed E-state index contributed by atoms with van der Waals surface area (Å²) in [5.74, 6) is 0.760. The van der Waals surface area contributed by atoms with Gasteiger partial charge in [-0.25, -0.2) is 9.78 Å². The van der Waals surface area contributed by atoms with E-state index in [9.17, 15) is 4.79 Å². The van der Waals surface area contributed by atoms with Gasteiger partial charge in [0.2, 0.25) is 0 Å². The van der Waals surface area contributed by atoms with Crippen molar-refractivity contribution < 1.29 is 14.3 Å². The Morgan fingerprint density at radius 1 is 1.14 bits per heavy atom. The molecule has 1 aromatic heterocycles. The fourth-order valence-corrected chi connectivity index (χ4v) is 2.09. The maximum atomic E-state index is 11.7. The number of rotatable bonds is 4. The molecule has 0 saturated carbocycles. The SMILES string of the molecule is COC(=O)c1ccccc1OCc1nc2ccccc2[nH]1. The van der Waals surface area contributed by atoms with Crippen molar-refractivity contribution in [2.24, 2.45) is 0 Å². The summed E-state index contributed by atoms with van der Waals surface area (Å²) in [6.45, 7) is 0.253. The van der Waals surface area contributed by atoms with Gasteiger partial charge in [-0.15, -0.1) is 0 Å². The third kappa shape index (κ3) is 2.72. The van der Waals surface area contributed by atoms with Crippen LogP contribution in [0.3, 0.4) is 0 Å². The molecule has 3 aromatic rings. The number of aromatic amines is 1.